The minimum absolute atomic E-state index is 0.179. The molecule has 0 atom stereocenters. The van der Waals surface area contributed by atoms with Crippen LogP contribution in [0.1, 0.15) is 19.2 Å². The molecule has 0 saturated heterocycles. The van der Waals surface area contributed by atoms with Gasteiger partial charge in [0.25, 0.3) is 0 Å². The van der Waals surface area contributed by atoms with Gasteiger partial charge in [0.15, 0.2) is 0 Å². The van der Waals surface area contributed by atoms with Gasteiger partial charge in [0.2, 0.25) is 0 Å². The third kappa shape index (κ3) is 3.24. The number of imidazole rings is 1. The van der Waals surface area contributed by atoms with Crippen LogP contribution in [0, 0.1) is 0 Å². The SMILES string of the molecule is CCCn1c(COCC(=O)O)nc2cc(Cl)ccc21. The van der Waals surface area contributed by atoms with Gasteiger partial charge in [-0.05, 0) is 24.6 Å². The Kier molecular flexibility index (Phi) is 4.39. The number of aromatic nitrogens is 2. The fourth-order valence-corrected chi connectivity index (χ4v) is 2.13. The van der Waals surface area contributed by atoms with Crippen molar-refractivity contribution in [3.63, 3.8) is 0 Å². The second-order valence-corrected chi connectivity index (χ2v) is 4.64. The molecule has 0 amide bonds. The first-order chi connectivity index (χ1) is 9.11. The lowest BCUT2D eigenvalue weighted by molar-refractivity contribution is -0.142. The van der Waals surface area contributed by atoms with E-state index in [9.17, 15) is 4.79 Å². The van der Waals surface area contributed by atoms with E-state index in [0.717, 1.165) is 29.8 Å². The monoisotopic (exact) mass is 282 g/mol. The molecule has 0 bridgehead atoms. The highest BCUT2D eigenvalue weighted by atomic mass is 35.5. The summed E-state index contributed by atoms with van der Waals surface area (Å²) in [6.07, 6.45) is 0.958. The van der Waals surface area contributed by atoms with Gasteiger partial charge in [-0.25, -0.2) is 9.78 Å². The highest BCUT2D eigenvalue weighted by Gasteiger charge is 2.11. The minimum atomic E-state index is -0.985. The number of hydrogen-bond acceptors (Lipinski definition) is 3. The zero-order valence-electron chi connectivity index (χ0n) is 10.6. The maximum atomic E-state index is 10.4. The number of fused-ring (bicyclic) bond motifs is 1. The molecule has 0 radical (unpaired) electrons. The van der Waals surface area contributed by atoms with Crippen LogP contribution in [0.2, 0.25) is 5.02 Å². The minimum Gasteiger partial charge on any atom is -0.480 e. The maximum absolute atomic E-state index is 10.4. The van der Waals surface area contributed by atoms with E-state index in [1.807, 2.05) is 16.7 Å². The Morgan fingerprint density at radius 1 is 1.53 bits per heavy atom. The van der Waals surface area contributed by atoms with Crippen LogP contribution in [0.3, 0.4) is 0 Å². The lowest BCUT2D eigenvalue weighted by atomic mass is 10.3. The molecule has 0 saturated carbocycles. The molecule has 0 aliphatic rings. The van der Waals surface area contributed by atoms with Crippen molar-refractivity contribution in [1.82, 2.24) is 9.55 Å². The number of carbonyl (C=O) groups is 1. The fourth-order valence-electron chi connectivity index (χ4n) is 1.97. The predicted molar refractivity (Wildman–Crippen MR) is 72.3 cm³/mol. The molecule has 1 N–H and O–H groups in total. The van der Waals surface area contributed by atoms with Crippen molar-refractivity contribution in [2.24, 2.45) is 0 Å². The van der Waals surface area contributed by atoms with Crippen LogP contribution >= 0.6 is 11.6 Å². The molecule has 19 heavy (non-hydrogen) atoms. The van der Waals surface area contributed by atoms with Crippen molar-refractivity contribution >= 4 is 28.6 Å². The van der Waals surface area contributed by atoms with Crippen molar-refractivity contribution in [2.75, 3.05) is 6.61 Å². The first kappa shape index (κ1) is 13.8. The van der Waals surface area contributed by atoms with E-state index in [-0.39, 0.29) is 13.2 Å². The van der Waals surface area contributed by atoms with E-state index < -0.39 is 5.97 Å². The summed E-state index contributed by atoms with van der Waals surface area (Å²) in [7, 11) is 0. The Morgan fingerprint density at radius 2 is 2.32 bits per heavy atom. The van der Waals surface area contributed by atoms with Crippen LogP contribution in [0.5, 0.6) is 0 Å². The fraction of sp³-hybridized carbons (Fsp3) is 0.385. The maximum Gasteiger partial charge on any atom is 0.329 e. The highest BCUT2D eigenvalue weighted by molar-refractivity contribution is 6.31. The Labute approximate surface area is 115 Å². The summed E-state index contributed by atoms with van der Waals surface area (Å²) in [6, 6.07) is 5.53. The smallest absolute Gasteiger partial charge is 0.329 e. The average molecular weight is 283 g/mol. The van der Waals surface area contributed by atoms with Crippen molar-refractivity contribution in [3.8, 4) is 0 Å². The van der Waals surface area contributed by atoms with Gasteiger partial charge in [-0.2, -0.15) is 0 Å². The first-order valence-electron chi connectivity index (χ1n) is 6.06. The largest absolute Gasteiger partial charge is 0.480 e. The van der Waals surface area contributed by atoms with E-state index in [1.165, 1.54) is 0 Å². The molecule has 2 aromatic rings. The van der Waals surface area contributed by atoms with Crippen LogP contribution < -0.4 is 0 Å². The van der Waals surface area contributed by atoms with E-state index in [2.05, 4.69) is 11.9 Å². The van der Waals surface area contributed by atoms with E-state index in [0.29, 0.717) is 5.02 Å². The second kappa shape index (κ2) is 6.04. The molecule has 0 spiro atoms. The predicted octanol–water partition coefficient (Wildman–Crippen LogP) is 2.70. The van der Waals surface area contributed by atoms with Crippen molar-refractivity contribution in [2.45, 2.75) is 26.5 Å². The van der Waals surface area contributed by atoms with Crippen LogP contribution in [0.25, 0.3) is 11.0 Å². The van der Waals surface area contributed by atoms with E-state index in [1.54, 1.807) is 6.07 Å². The number of aryl methyl sites for hydroxylation is 1. The Balaban J connectivity index is 2.30. The number of ether oxygens (including phenoxy) is 1. The van der Waals surface area contributed by atoms with E-state index in [4.69, 9.17) is 21.4 Å². The Hall–Kier alpha value is -1.59. The first-order valence-corrected chi connectivity index (χ1v) is 6.43. The molecule has 0 unspecified atom stereocenters. The molecule has 1 aromatic carbocycles. The Morgan fingerprint density at radius 3 is 3.00 bits per heavy atom. The number of halogens is 1. The van der Waals surface area contributed by atoms with E-state index >= 15 is 0 Å². The molecule has 0 aliphatic heterocycles. The zero-order chi connectivity index (χ0) is 13.8. The van der Waals surface area contributed by atoms with Crippen LogP contribution in [-0.4, -0.2) is 27.2 Å². The zero-order valence-corrected chi connectivity index (χ0v) is 11.4. The number of aliphatic carboxylic acids is 1. The molecular formula is C13H15ClN2O3. The van der Waals surface area contributed by atoms with Crippen molar-refractivity contribution in [1.29, 1.82) is 0 Å². The van der Waals surface area contributed by atoms with Crippen LogP contribution in [0.15, 0.2) is 18.2 Å². The second-order valence-electron chi connectivity index (χ2n) is 4.20. The van der Waals surface area contributed by atoms with Gasteiger partial charge in [0, 0.05) is 11.6 Å². The molecule has 0 fully saturated rings. The van der Waals surface area contributed by atoms with Crippen LogP contribution in [-0.2, 0) is 22.7 Å². The van der Waals surface area contributed by atoms with Gasteiger partial charge in [0.05, 0.1) is 11.0 Å². The summed E-state index contributed by atoms with van der Waals surface area (Å²) in [5.41, 5.74) is 1.79. The average Bonchev–Trinajstić information content (AvgIpc) is 2.67. The van der Waals surface area contributed by atoms with Gasteiger partial charge in [0.1, 0.15) is 19.0 Å². The summed E-state index contributed by atoms with van der Waals surface area (Å²) in [6.45, 7) is 2.74. The Bertz CT molecular complexity index is 595. The van der Waals surface area contributed by atoms with Gasteiger partial charge >= 0.3 is 5.97 Å². The highest BCUT2D eigenvalue weighted by Crippen LogP contribution is 2.21. The molecule has 102 valence electrons. The van der Waals surface area contributed by atoms with Gasteiger partial charge in [-0.1, -0.05) is 18.5 Å². The molecule has 2 rings (SSSR count). The molecule has 1 heterocycles. The quantitative estimate of drug-likeness (QED) is 0.885. The van der Waals surface area contributed by atoms with Crippen molar-refractivity contribution < 1.29 is 14.6 Å². The summed E-state index contributed by atoms with van der Waals surface area (Å²) < 4.78 is 7.15. The summed E-state index contributed by atoms with van der Waals surface area (Å²) in [4.78, 5) is 14.9. The molecule has 0 aliphatic carbocycles. The summed E-state index contributed by atoms with van der Waals surface area (Å²) >= 11 is 5.95. The number of rotatable bonds is 6. The third-order valence-corrected chi connectivity index (χ3v) is 2.93. The summed E-state index contributed by atoms with van der Waals surface area (Å²) in [5.74, 6) is -0.262. The standard InChI is InChI=1S/C13H15ClN2O3/c1-2-5-16-11-4-3-9(14)6-10(11)15-12(16)7-19-8-13(17)18/h3-4,6H,2,5,7-8H2,1H3,(H,17,18). The summed E-state index contributed by atoms with van der Waals surface area (Å²) in [5, 5.41) is 9.20. The topological polar surface area (TPSA) is 64.3 Å². The number of carboxylic acid groups (broad SMARTS) is 1. The number of nitrogens with zero attached hydrogens (tertiary/aromatic N) is 2. The molecule has 5 nitrogen and oxygen atoms in total. The lowest BCUT2D eigenvalue weighted by Crippen LogP contribution is -2.10. The van der Waals surface area contributed by atoms with Gasteiger partial charge in [-0.3, -0.25) is 0 Å². The number of carboxylic acids is 1. The van der Waals surface area contributed by atoms with Crippen LogP contribution in [0.4, 0.5) is 0 Å². The number of benzene rings is 1. The normalized spacial score (nSPS) is 11.1. The third-order valence-electron chi connectivity index (χ3n) is 2.69. The lowest BCUT2D eigenvalue weighted by Gasteiger charge is -2.07. The van der Waals surface area contributed by atoms with Gasteiger partial charge < -0.3 is 14.4 Å². The van der Waals surface area contributed by atoms with Crippen molar-refractivity contribution in [3.05, 3.63) is 29.0 Å². The van der Waals surface area contributed by atoms with Gasteiger partial charge in [-0.15, -0.1) is 0 Å². The number of hydrogen-bond donors (Lipinski definition) is 1. The molecular weight excluding hydrogens is 268 g/mol. The molecule has 1 aromatic heterocycles. The molecule has 6 heteroatoms.